The molecular formula is C16H22ClNO5S. The van der Waals surface area contributed by atoms with Crippen molar-refractivity contribution in [2.24, 2.45) is 5.92 Å². The van der Waals surface area contributed by atoms with E-state index < -0.39 is 11.1 Å². The number of hydrogen-bond donors (Lipinski definition) is 2. The van der Waals surface area contributed by atoms with Crippen LogP contribution in [0.3, 0.4) is 0 Å². The summed E-state index contributed by atoms with van der Waals surface area (Å²) in [5, 5.41) is 8.84. The van der Waals surface area contributed by atoms with E-state index in [1.165, 1.54) is 12.1 Å². The first kappa shape index (κ1) is 19.3. The molecule has 1 aliphatic heterocycles. The normalized spacial score (nSPS) is 17.0. The standard InChI is InChI=1S/C16H22ClNO5S/c17-14-2-1-13(11-15(14)24(21)22)16(20)18-6-3-12(4-7-18)5-9-23-10-8-19/h1-2,11-12,19H,3-10H2,(H,21,22). The van der Waals surface area contributed by atoms with E-state index in [1.807, 2.05) is 0 Å². The van der Waals surface area contributed by atoms with Gasteiger partial charge < -0.3 is 19.3 Å². The van der Waals surface area contributed by atoms with Crippen molar-refractivity contribution in [1.29, 1.82) is 0 Å². The largest absolute Gasteiger partial charge is 0.394 e. The maximum atomic E-state index is 12.5. The molecule has 24 heavy (non-hydrogen) atoms. The summed E-state index contributed by atoms with van der Waals surface area (Å²) in [5.41, 5.74) is 0.376. The summed E-state index contributed by atoms with van der Waals surface area (Å²) in [6.07, 6.45) is 2.73. The number of aliphatic hydroxyl groups excluding tert-OH is 1. The zero-order valence-corrected chi connectivity index (χ0v) is 14.9. The zero-order chi connectivity index (χ0) is 17.5. The van der Waals surface area contributed by atoms with Crippen molar-refractivity contribution in [2.45, 2.75) is 24.2 Å². The van der Waals surface area contributed by atoms with E-state index in [1.54, 1.807) is 11.0 Å². The molecule has 1 heterocycles. The fourth-order valence-electron chi connectivity index (χ4n) is 2.79. The van der Waals surface area contributed by atoms with E-state index in [0.717, 1.165) is 19.3 Å². The van der Waals surface area contributed by atoms with Crippen molar-refractivity contribution >= 4 is 28.6 Å². The van der Waals surface area contributed by atoms with Gasteiger partial charge in [0.1, 0.15) is 0 Å². The summed E-state index contributed by atoms with van der Waals surface area (Å²) in [5.74, 6) is 0.367. The molecule has 0 aromatic heterocycles. The van der Waals surface area contributed by atoms with Gasteiger partial charge in [-0.05, 0) is 43.4 Å². The summed E-state index contributed by atoms with van der Waals surface area (Å²) < 4.78 is 25.7. The molecule has 1 fully saturated rings. The second-order valence-corrected chi connectivity index (χ2v) is 7.10. The molecule has 134 valence electrons. The number of benzene rings is 1. The lowest BCUT2D eigenvalue weighted by Crippen LogP contribution is -2.38. The molecule has 1 aromatic rings. The van der Waals surface area contributed by atoms with Gasteiger partial charge in [0.2, 0.25) is 0 Å². The number of likely N-dealkylation sites (tertiary alicyclic amines) is 1. The second kappa shape index (κ2) is 9.48. The molecule has 1 aliphatic rings. The van der Waals surface area contributed by atoms with E-state index in [0.29, 0.717) is 37.8 Å². The number of amides is 1. The Morgan fingerprint density at radius 1 is 1.33 bits per heavy atom. The van der Waals surface area contributed by atoms with Gasteiger partial charge in [-0.1, -0.05) is 11.6 Å². The molecular weight excluding hydrogens is 354 g/mol. The number of halogens is 1. The van der Waals surface area contributed by atoms with Gasteiger partial charge in [0.05, 0.1) is 23.1 Å². The fraction of sp³-hybridized carbons (Fsp3) is 0.562. The van der Waals surface area contributed by atoms with Crippen molar-refractivity contribution in [3.05, 3.63) is 28.8 Å². The molecule has 2 N–H and O–H groups in total. The Hall–Kier alpha value is -0.990. The lowest BCUT2D eigenvalue weighted by molar-refractivity contribution is 0.0606. The van der Waals surface area contributed by atoms with Crippen molar-refractivity contribution in [2.75, 3.05) is 32.9 Å². The smallest absolute Gasteiger partial charge is 0.253 e. The van der Waals surface area contributed by atoms with Crippen LogP contribution in [0.15, 0.2) is 23.1 Å². The van der Waals surface area contributed by atoms with Gasteiger partial charge in [0.25, 0.3) is 5.91 Å². The van der Waals surface area contributed by atoms with Crippen molar-refractivity contribution in [1.82, 2.24) is 4.90 Å². The molecule has 6 nitrogen and oxygen atoms in total. The third kappa shape index (κ3) is 5.26. The Bertz CT molecular complexity index is 590. The maximum absolute atomic E-state index is 12.5. The van der Waals surface area contributed by atoms with Gasteiger partial charge >= 0.3 is 0 Å². The molecule has 2 rings (SSSR count). The monoisotopic (exact) mass is 375 g/mol. The first-order valence-corrected chi connectivity index (χ1v) is 9.39. The van der Waals surface area contributed by atoms with Crippen molar-refractivity contribution in [3.63, 3.8) is 0 Å². The third-order valence-electron chi connectivity index (χ3n) is 4.17. The Balaban J connectivity index is 1.89. The summed E-state index contributed by atoms with van der Waals surface area (Å²) in [4.78, 5) is 14.4. The molecule has 8 heteroatoms. The molecule has 1 amide bonds. The Morgan fingerprint density at radius 2 is 2.04 bits per heavy atom. The Kier molecular flexibility index (Phi) is 7.64. The summed E-state index contributed by atoms with van der Waals surface area (Å²) >= 11 is 3.65. The number of nitrogens with zero attached hydrogens (tertiary/aromatic N) is 1. The first-order chi connectivity index (χ1) is 11.5. The SMILES string of the molecule is O=C(c1ccc(Cl)c(S(=O)O)c1)N1CCC(CCOCCO)CC1. The average molecular weight is 376 g/mol. The molecule has 0 radical (unpaired) electrons. The molecule has 0 aliphatic carbocycles. The number of hydrogen-bond acceptors (Lipinski definition) is 4. The van der Waals surface area contributed by atoms with Crippen LogP contribution in [0, 0.1) is 5.92 Å². The van der Waals surface area contributed by atoms with Crippen LogP contribution in [0.2, 0.25) is 5.02 Å². The quantitative estimate of drug-likeness (QED) is 0.563. The van der Waals surface area contributed by atoms with E-state index >= 15 is 0 Å². The van der Waals surface area contributed by atoms with Crippen LogP contribution in [0.25, 0.3) is 0 Å². The van der Waals surface area contributed by atoms with E-state index in [-0.39, 0.29) is 22.4 Å². The molecule has 1 unspecified atom stereocenters. The predicted octanol–water partition coefficient (Wildman–Crippen LogP) is 2.17. The predicted molar refractivity (Wildman–Crippen MR) is 91.6 cm³/mol. The lowest BCUT2D eigenvalue weighted by atomic mass is 9.93. The summed E-state index contributed by atoms with van der Waals surface area (Å²) in [6, 6.07) is 4.44. The summed E-state index contributed by atoms with van der Waals surface area (Å²) in [6.45, 7) is 2.34. The number of aliphatic hydroxyl groups is 1. The number of carbonyl (C=O) groups is 1. The first-order valence-electron chi connectivity index (χ1n) is 7.91. The average Bonchev–Trinajstić information content (AvgIpc) is 2.59. The summed E-state index contributed by atoms with van der Waals surface area (Å²) in [7, 11) is 0. The van der Waals surface area contributed by atoms with E-state index in [4.69, 9.17) is 21.4 Å². The number of rotatable bonds is 7. The molecule has 1 aromatic carbocycles. The van der Waals surface area contributed by atoms with Crippen LogP contribution in [0.5, 0.6) is 0 Å². The second-order valence-electron chi connectivity index (χ2n) is 5.75. The minimum atomic E-state index is -2.22. The molecule has 1 saturated heterocycles. The van der Waals surface area contributed by atoms with Gasteiger partial charge in [0, 0.05) is 25.3 Å². The highest BCUT2D eigenvalue weighted by Crippen LogP contribution is 2.24. The molecule has 0 bridgehead atoms. The van der Waals surface area contributed by atoms with Crippen LogP contribution in [-0.4, -0.2) is 57.6 Å². The van der Waals surface area contributed by atoms with Gasteiger partial charge in [-0.25, -0.2) is 4.21 Å². The lowest BCUT2D eigenvalue weighted by Gasteiger charge is -2.32. The highest BCUT2D eigenvalue weighted by molar-refractivity contribution is 7.79. The van der Waals surface area contributed by atoms with Crippen molar-refractivity contribution in [3.8, 4) is 0 Å². The topological polar surface area (TPSA) is 87.1 Å². The number of carbonyl (C=O) groups excluding carboxylic acids is 1. The van der Waals surface area contributed by atoms with E-state index in [9.17, 15) is 13.6 Å². The van der Waals surface area contributed by atoms with Gasteiger partial charge in [-0.15, -0.1) is 0 Å². The number of piperidine rings is 1. The van der Waals surface area contributed by atoms with Gasteiger partial charge in [-0.3, -0.25) is 4.79 Å². The Morgan fingerprint density at radius 3 is 2.67 bits per heavy atom. The maximum Gasteiger partial charge on any atom is 0.253 e. The number of ether oxygens (including phenoxy) is 1. The molecule has 0 spiro atoms. The Labute approximate surface area is 149 Å². The molecule has 0 saturated carbocycles. The third-order valence-corrected chi connectivity index (χ3v) is 5.33. The highest BCUT2D eigenvalue weighted by atomic mass is 35.5. The van der Waals surface area contributed by atoms with Crippen LogP contribution in [0.4, 0.5) is 0 Å². The van der Waals surface area contributed by atoms with Crippen LogP contribution in [-0.2, 0) is 15.8 Å². The molecule has 1 atom stereocenters. The van der Waals surface area contributed by atoms with Crippen LogP contribution < -0.4 is 0 Å². The highest BCUT2D eigenvalue weighted by Gasteiger charge is 2.24. The van der Waals surface area contributed by atoms with E-state index in [2.05, 4.69) is 0 Å². The zero-order valence-electron chi connectivity index (χ0n) is 13.3. The van der Waals surface area contributed by atoms with Gasteiger partial charge in [0.15, 0.2) is 11.1 Å². The van der Waals surface area contributed by atoms with Gasteiger partial charge in [-0.2, -0.15) is 0 Å². The fourth-order valence-corrected chi connectivity index (χ4v) is 3.57. The minimum Gasteiger partial charge on any atom is -0.394 e. The van der Waals surface area contributed by atoms with Crippen LogP contribution >= 0.6 is 11.6 Å². The van der Waals surface area contributed by atoms with Crippen molar-refractivity contribution < 1.29 is 23.4 Å². The minimum absolute atomic E-state index is 0.0364. The van der Waals surface area contributed by atoms with Crippen LogP contribution in [0.1, 0.15) is 29.6 Å².